The van der Waals surface area contributed by atoms with Gasteiger partial charge in [0.25, 0.3) is 11.8 Å². The molecule has 10 heteroatoms. The molecule has 2 amide bonds. The summed E-state index contributed by atoms with van der Waals surface area (Å²) in [5, 5.41) is 28.2. The van der Waals surface area contributed by atoms with Crippen molar-refractivity contribution in [3.05, 3.63) is 117 Å². The number of nitrogens with zero attached hydrogens (tertiary/aromatic N) is 2. The molecule has 0 aliphatic rings. The molecule has 0 radical (unpaired) electrons. The van der Waals surface area contributed by atoms with Gasteiger partial charge in [0.1, 0.15) is 23.0 Å². The highest BCUT2D eigenvalue weighted by Gasteiger charge is 2.19. The number of hydrogen-bond donors (Lipinski definition) is 4. The van der Waals surface area contributed by atoms with Gasteiger partial charge in [0.15, 0.2) is 13.2 Å². The highest BCUT2D eigenvalue weighted by Crippen LogP contribution is 2.35. The number of amides is 2. The van der Waals surface area contributed by atoms with E-state index in [1.54, 1.807) is 0 Å². The number of hydrogen-bond acceptors (Lipinski definition) is 8. The maximum Gasteiger partial charge on any atom is 0.257 e. The zero-order valence-corrected chi connectivity index (χ0v) is 31.4. The normalized spacial score (nSPS) is 11.2. The molecular formula is C42H54N4O6. The second-order valence-electron chi connectivity index (χ2n) is 13.6. The van der Waals surface area contributed by atoms with E-state index < -0.39 is 0 Å². The lowest BCUT2D eigenvalue weighted by Gasteiger charge is -2.19. The van der Waals surface area contributed by atoms with Crippen molar-refractivity contribution in [3.8, 4) is 23.0 Å². The Morgan fingerprint density at radius 3 is 1.37 bits per heavy atom. The number of ether oxygens (including phenoxy) is 2. The first-order valence-electron chi connectivity index (χ1n) is 17.8. The Bertz CT molecular complexity index is 1810. The molecule has 4 aromatic carbocycles. The fraction of sp³-hybridized carbons (Fsp3) is 0.381. The number of rotatable bonds is 19. The topological polar surface area (TPSA) is 124 Å². The molecule has 4 rings (SSSR count). The quantitative estimate of drug-likeness (QED) is 0.109. The van der Waals surface area contributed by atoms with E-state index in [-0.39, 0.29) is 36.5 Å². The number of aryl methyl sites for hydroxylation is 2. The van der Waals surface area contributed by atoms with Crippen molar-refractivity contribution in [1.82, 2.24) is 20.4 Å². The van der Waals surface area contributed by atoms with E-state index in [2.05, 4.69) is 10.6 Å². The molecule has 0 atom stereocenters. The third kappa shape index (κ3) is 11.5. The number of aromatic hydroxyl groups is 2. The van der Waals surface area contributed by atoms with Crippen LogP contribution in [0.2, 0.25) is 0 Å². The Morgan fingerprint density at radius 1 is 0.577 bits per heavy atom. The summed E-state index contributed by atoms with van der Waals surface area (Å²) >= 11 is 0. The summed E-state index contributed by atoms with van der Waals surface area (Å²) < 4.78 is 12.4. The number of phenols is 2. The molecule has 0 aliphatic heterocycles. The van der Waals surface area contributed by atoms with E-state index in [1.807, 2.05) is 125 Å². The van der Waals surface area contributed by atoms with Crippen LogP contribution in [-0.2, 0) is 35.3 Å². The molecule has 0 saturated carbocycles. The molecule has 10 nitrogen and oxygen atoms in total. The summed E-state index contributed by atoms with van der Waals surface area (Å²) in [6.07, 6.45) is 1.87. The average Bonchev–Trinajstić information content (AvgIpc) is 3.10. The van der Waals surface area contributed by atoms with E-state index in [0.29, 0.717) is 56.0 Å². The average molecular weight is 711 g/mol. The molecule has 4 aromatic rings. The number of para-hydroxylation sites is 4. The number of carbonyl (C=O) groups excluding carboxylic acids is 2. The zero-order chi connectivity index (χ0) is 37.6. The van der Waals surface area contributed by atoms with Gasteiger partial charge in [0, 0.05) is 45.4 Å². The predicted octanol–water partition coefficient (Wildman–Crippen LogP) is 4.85. The smallest absolute Gasteiger partial charge is 0.257 e. The molecule has 0 unspecified atom stereocenters. The third-order valence-electron chi connectivity index (χ3n) is 8.86. The van der Waals surface area contributed by atoms with Crippen molar-refractivity contribution in [1.29, 1.82) is 0 Å². The van der Waals surface area contributed by atoms with Gasteiger partial charge < -0.3 is 40.1 Å². The van der Waals surface area contributed by atoms with Crippen LogP contribution in [0.25, 0.3) is 0 Å². The SMILES string of the molecule is CCc1cccc(Cc2cccc(Cc3cccc(Cc4cccc(C)c4O)c3OCC(=O)NCCN(C)C)c2O)c1OCC(=O)NCCN(C)C. The Hall–Kier alpha value is -5.06. The summed E-state index contributed by atoms with van der Waals surface area (Å²) in [7, 11) is 7.80. The fourth-order valence-corrected chi connectivity index (χ4v) is 5.97. The van der Waals surface area contributed by atoms with Crippen molar-refractivity contribution >= 4 is 11.8 Å². The molecule has 0 fully saturated rings. The minimum atomic E-state index is -0.232. The van der Waals surface area contributed by atoms with Crippen molar-refractivity contribution < 1.29 is 29.3 Å². The minimum Gasteiger partial charge on any atom is -0.507 e. The van der Waals surface area contributed by atoms with Gasteiger partial charge in [-0.15, -0.1) is 0 Å². The molecule has 0 aliphatic carbocycles. The van der Waals surface area contributed by atoms with Gasteiger partial charge in [0.2, 0.25) is 0 Å². The minimum absolute atomic E-state index is 0.101. The van der Waals surface area contributed by atoms with E-state index in [9.17, 15) is 19.8 Å². The summed E-state index contributed by atoms with van der Waals surface area (Å²) in [5.74, 6) is 1.17. The fourth-order valence-electron chi connectivity index (χ4n) is 5.97. The maximum atomic E-state index is 12.8. The van der Waals surface area contributed by atoms with Crippen LogP contribution < -0.4 is 20.1 Å². The second kappa shape index (κ2) is 19.5. The molecule has 0 aromatic heterocycles. The van der Waals surface area contributed by atoms with Gasteiger partial charge in [-0.1, -0.05) is 79.7 Å². The van der Waals surface area contributed by atoms with Crippen LogP contribution in [0.1, 0.15) is 51.4 Å². The molecule has 4 N–H and O–H groups in total. The Labute approximate surface area is 308 Å². The van der Waals surface area contributed by atoms with Gasteiger partial charge >= 0.3 is 0 Å². The predicted molar refractivity (Wildman–Crippen MR) is 206 cm³/mol. The summed E-state index contributed by atoms with van der Waals surface area (Å²) in [6, 6.07) is 23.1. The molecule has 278 valence electrons. The summed E-state index contributed by atoms with van der Waals surface area (Å²) in [6.45, 7) is 6.11. The lowest BCUT2D eigenvalue weighted by molar-refractivity contribution is -0.123. The van der Waals surface area contributed by atoms with Gasteiger partial charge in [-0.2, -0.15) is 0 Å². The van der Waals surface area contributed by atoms with Crippen LogP contribution in [0.3, 0.4) is 0 Å². The molecule has 52 heavy (non-hydrogen) atoms. The lowest BCUT2D eigenvalue weighted by Crippen LogP contribution is -2.34. The Kier molecular flexibility index (Phi) is 14.9. The first kappa shape index (κ1) is 39.7. The number of phenolic OH excluding ortho intramolecular Hbond substituents is 2. The monoisotopic (exact) mass is 710 g/mol. The first-order chi connectivity index (χ1) is 25.0. The van der Waals surface area contributed by atoms with Gasteiger partial charge in [-0.05, 0) is 86.0 Å². The summed E-state index contributed by atoms with van der Waals surface area (Å²) in [5.41, 5.74) is 6.42. The largest absolute Gasteiger partial charge is 0.507 e. The first-order valence-corrected chi connectivity index (χ1v) is 17.8. The summed E-state index contributed by atoms with van der Waals surface area (Å²) in [4.78, 5) is 29.3. The van der Waals surface area contributed by atoms with Gasteiger partial charge in [-0.25, -0.2) is 0 Å². The number of nitrogens with one attached hydrogen (secondary N) is 2. The highest BCUT2D eigenvalue weighted by molar-refractivity contribution is 5.78. The van der Waals surface area contributed by atoms with Crippen LogP contribution in [0.5, 0.6) is 23.0 Å². The van der Waals surface area contributed by atoms with Crippen molar-refractivity contribution in [3.63, 3.8) is 0 Å². The number of benzene rings is 4. The second-order valence-corrected chi connectivity index (χ2v) is 13.6. The van der Waals surface area contributed by atoms with E-state index in [4.69, 9.17) is 9.47 Å². The van der Waals surface area contributed by atoms with Crippen molar-refractivity contribution in [2.24, 2.45) is 0 Å². The van der Waals surface area contributed by atoms with E-state index in [1.165, 1.54) is 0 Å². The molecule has 0 bridgehead atoms. The van der Waals surface area contributed by atoms with Crippen LogP contribution >= 0.6 is 0 Å². The number of likely N-dealkylation sites (N-methyl/N-ethyl adjacent to an activating group) is 2. The molecular weight excluding hydrogens is 656 g/mol. The van der Waals surface area contributed by atoms with Gasteiger partial charge in [0.05, 0.1) is 0 Å². The molecule has 0 heterocycles. The zero-order valence-electron chi connectivity index (χ0n) is 31.4. The van der Waals surface area contributed by atoms with Crippen LogP contribution in [0, 0.1) is 6.92 Å². The van der Waals surface area contributed by atoms with E-state index >= 15 is 0 Å². The van der Waals surface area contributed by atoms with E-state index in [0.717, 1.165) is 51.9 Å². The Morgan fingerprint density at radius 2 is 0.942 bits per heavy atom. The third-order valence-corrected chi connectivity index (χ3v) is 8.86. The standard InChI is InChI=1S/C42H54N4O6/c1-7-30-13-9-17-34(41(30)51-27-37(47)43-20-22-45(3)4)25-32-15-10-16-33(40(32)50)26-36-19-11-18-35(24-31-14-8-12-29(2)39(31)49)42(36)52-28-38(48)44-21-23-46(5)6/h8-19,49-50H,7,20-28H2,1-6H3,(H,43,47)(H,44,48). The lowest BCUT2D eigenvalue weighted by atomic mass is 9.94. The Balaban J connectivity index is 1.60. The van der Waals surface area contributed by atoms with Crippen LogP contribution in [0.4, 0.5) is 0 Å². The molecule has 0 saturated heterocycles. The van der Waals surface area contributed by atoms with Crippen molar-refractivity contribution in [2.75, 3.05) is 67.6 Å². The van der Waals surface area contributed by atoms with Gasteiger partial charge in [-0.3, -0.25) is 9.59 Å². The maximum absolute atomic E-state index is 12.8. The highest BCUT2D eigenvalue weighted by atomic mass is 16.5. The van der Waals surface area contributed by atoms with Crippen LogP contribution in [-0.4, -0.2) is 99.4 Å². The van der Waals surface area contributed by atoms with Crippen molar-refractivity contribution in [2.45, 2.75) is 39.5 Å². The number of carbonyl (C=O) groups is 2. The van der Waals surface area contributed by atoms with Crippen LogP contribution in [0.15, 0.2) is 72.8 Å². The molecule has 0 spiro atoms.